The molecule has 0 atom stereocenters. The van der Waals surface area contributed by atoms with Crippen LogP contribution in [0.4, 0.5) is 35.1 Å². The van der Waals surface area contributed by atoms with Gasteiger partial charge < -0.3 is 9.73 Å². The van der Waals surface area contributed by atoms with Gasteiger partial charge in [0.25, 0.3) is 5.91 Å². The van der Waals surface area contributed by atoms with Crippen molar-refractivity contribution in [3.05, 3.63) is 46.2 Å². The fourth-order valence-electron chi connectivity index (χ4n) is 3.27. The molecule has 2 aromatic heterocycles. The van der Waals surface area contributed by atoms with Crippen molar-refractivity contribution < 1.29 is 44.3 Å². The summed E-state index contributed by atoms with van der Waals surface area (Å²) in [6, 6.07) is 3.91. The second-order valence-corrected chi connectivity index (χ2v) is 8.14. The monoisotopic (exact) mass is 528 g/mol. The number of aryl methyl sites for hydroxylation is 1. The summed E-state index contributed by atoms with van der Waals surface area (Å²) in [5.74, 6) is -7.51. The molecular weight excluding hydrogens is 516 g/mol. The number of nitrogens with zero attached hydrogens (tertiary/aromatic N) is 3. The number of hydrogen-bond acceptors (Lipinski definition) is 4. The van der Waals surface area contributed by atoms with Crippen LogP contribution < -0.4 is 5.32 Å². The normalized spacial score (nSPS) is 14.9. The Labute approximate surface area is 195 Å². The van der Waals surface area contributed by atoms with Gasteiger partial charge in [-0.15, -0.1) is 0 Å². The summed E-state index contributed by atoms with van der Waals surface area (Å²) >= 11 is 6.05. The molecule has 1 aliphatic rings. The molecule has 4 rings (SSSR count). The van der Waals surface area contributed by atoms with Gasteiger partial charge in [-0.1, -0.05) is 11.6 Å². The molecule has 3 aromatic rings. The van der Waals surface area contributed by atoms with Crippen LogP contribution in [0.2, 0.25) is 5.02 Å². The van der Waals surface area contributed by atoms with Crippen molar-refractivity contribution in [1.82, 2.24) is 20.1 Å². The van der Waals surface area contributed by atoms with Crippen molar-refractivity contribution in [3.8, 4) is 22.9 Å². The fraction of sp³-hybridized carbons (Fsp3) is 0.350. The number of carbonyl (C=O) groups is 1. The predicted octanol–water partition coefficient (Wildman–Crippen LogP) is 5.96. The second-order valence-electron chi connectivity index (χ2n) is 7.74. The van der Waals surface area contributed by atoms with Gasteiger partial charge in [-0.2, -0.15) is 40.2 Å². The van der Waals surface area contributed by atoms with E-state index in [0.29, 0.717) is 0 Å². The van der Waals surface area contributed by atoms with E-state index >= 15 is 0 Å². The summed E-state index contributed by atoms with van der Waals surface area (Å²) in [4.78, 5) is 16.1. The van der Waals surface area contributed by atoms with Crippen molar-refractivity contribution >= 4 is 17.5 Å². The Morgan fingerprint density at radius 1 is 1.14 bits per heavy atom. The fourth-order valence-corrected chi connectivity index (χ4v) is 3.47. The van der Waals surface area contributed by atoms with Gasteiger partial charge in [-0.05, 0) is 31.0 Å². The Morgan fingerprint density at radius 3 is 2.37 bits per heavy atom. The number of aromatic nitrogens is 3. The lowest BCUT2D eigenvalue weighted by atomic mass is 10.1. The van der Waals surface area contributed by atoms with Gasteiger partial charge in [0.2, 0.25) is 5.89 Å². The minimum Gasteiger partial charge on any atom is -0.434 e. The average molecular weight is 529 g/mol. The number of rotatable bonds is 5. The molecule has 0 unspecified atom stereocenters. The minimum absolute atomic E-state index is 0.00483. The van der Waals surface area contributed by atoms with Gasteiger partial charge in [-0.3, -0.25) is 9.48 Å². The third-order valence-electron chi connectivity index (χ3n) is 5.09. The van der Waals surface area contributed by atoms with E-state index in [-0.39, 0.29) is 32.8 Å². The molecule has 0 saturated heterocycles. The topological polar surface area (TPSA) is 73.0 Å². The average Bonchev–Trinajstić information content (AvgIpc) is 3.27. The molecule has 1 aromatic carbocycles. The van der Waals surface area contributed by atoms with Crippen LogP contribution in [-0.4, -0.2) is 32.9 Å². The quantitative estimate of drug-likeness (QED) is 0.415. The lowest BCUT2D eigenvalue weighted by Gasteiger charge is -2.19. The summed E-state index contributed by atoms with van der Waals surface area (Å²) in [6.07, 6.45) is -9.65. The van der Waals surface area contributed by atoms with E-state index in [2.05, 4.69) is 15.4 Å². The molecule has 2 heterocycles. The lowest BCUT2D eigenvalue weighted by Crippen LogP contribution is -2.36. The van der Waals surface area contributed by atoms with E-state index in [1.165, 1.54) is 18.2 Å². The molecular formula is C20H13ClF8N4O2. The summed E-state index contributed by atoms with van der Waals surface area (Å²) in [6.45, 7) is 0. The van der Waals surface area contributed by atoms with Crippen LogP contribution in [-0.2, 0) is 19.1 Å². The van der Waals surface area contributed by atoms with Crippen molar-refractivity contribution in [2.75, 3.05) is 0 Å². The van der Waals surface area contributed by atoms with E-state index in [0.717, 1.165) is 26.1 Å². The van der Waals surface area contributed by atoms with Crippen molar-refractivity contribution in [2.24, 2.45) is 7.05 Å². The largest absolute Gasteiger partial charge is 0.459 e. The second kappa shape index (κ2) is 8.21. The van der Waals surface area contributed by atoms with Crippen LogP contribution in [0.5, 0.6) is 0 Å². The molecule has 0 radical (unpaired) electrons. The van der Waals surface area contributed by atoms with Crippen molar-refractivity contribution in [1.29, 1.82) is 0 Å². The molecule has 0 aliphatic heterocycles. The molecule has 0 bridgehead atoms. The van der Waals surface area contributed by atoms with Crippen LogP contribution >= 0.6 is 11.6 Å². The van der Waals surface area contributed by atoms with Crippen LogP contribution in [0.3, 0.4) is 0 Å². The highest BCUT2D eigenvalue weighted by atomic mass is 35.5. The van der Waals surface area contributed by atoms with Crippen LogP contribution in [0.15, 0.2) is 28.8 Å². The summed E-state index contributed by atoms with van der Waals surface area (Å²) in [5, 5.41) is 5.60. The molecule has 1 fully saturated rings. The summed E-state index contributed by atoms with van der Waals surface area (Å²) < 4.78 is 113. The number of nitrogens with one attached hydrogen (secondary N) is 1. The first-order chi connectivity index (χ1) is 16.1. The van der Waals surface area contributed by atoms with E-state index < -0.39 is 46.9 Å². The first-order valence-electron chi connectivity index (χ1n) is 9.77. The first kappa shape index (κ1) is 24.9. The Morgan fingerprint density at radius 2 is 1.80 bits per heavy atom. The summed E-state index contributed by atoms with van der Waals surface area (Å²) in [7, 11) is 0.755. The molecule has 1 amide bonds. The highest BCUT2D eigenvalue weighted by Crippen LogP contribution is 2.50. The third-order valence-corrected chi connectivity index (χ3v) is 5.42. The summed E-state index contributed by atoms with van der Waals surface area (Å²) in [5.41, 5.74) is -5.89. The number of amides is 1. The van der Waals surface area contributed by atoms with E-state index in [9.17, 15) is 39.9 Å². The maximum absolute atomic E-state index is 13.9. The van der Waals surface area contributed by atoms with Crippen molar-refractivity contribution in [2.45, 2.75) is 37.2 Å². The van der Waals surface area contributed by atoms with Gasteiger partial charge in [0, 0.05) is 18.7 Å². The molecule has 1 saturated carbocycles. The van der Waals surface area contributed by atoms with Gasteiger partial charge in [-0.25, -0.2) is 4.98 Å². The molecule has 188 valence electrons. The van der Waals surface area contributed by atoms with E-state index in [1.54, 1.807) is 0 Å². The maximum atomic E-state index is 13.9. The smallest absolute Gasteiger partial charge is 0.434 e. The molecule has 1 aliphatic carbocycles. The predicted molar refractivity (Wildman–Crippen MR) is 105 cm³/mol. The van der Waals surface area contributed by atoms with Crippen LogP contribution in [0, 0.1) is 0 Å². The van der Waals surface area contributed by atoms with Gasteiger partial charge >= 0.3 is 18.3 Å². The van der Waals surface area contributed by atoms with Crippen LogP contribution in [0.1, 0.15) is 34.5 Å². The SMILES string of the molecule is Cn1nc(C(F)(F)C(F)(F)F)c(C(F)(F)F)c1-c1cnc(-c2ccc(Cl)c(C(=O)NC3CC3)c2)o1. The maximum Gasteiger partial charge on any atom is 0.459 e. The number of halogens is 9. The molecule has 1 N–H and O–H groups in total. The minimum atomic E-state index is -6.33. The standard InChI is InChI=1S/C20H13ClF8N4O2/c1-33-14(13(19(24,25)26)15(32-33)18(22,23)20(27,28)29)12-7-30-17(35-12)8-2-5-11(21)10(6-8)16(34)31-9-3-4-9/h2,5-7,9H,3-4H2,1H3,(H,31,34). The Balaban J connectivity index is 1.79. The van der Waals surface area contributed by atoms with Crippen molar-refractivity contribution in [3.63, 3.8) is 0 Å². The van der Waals surface area contributed by atoms with Crippen LogP contribution in [0.25, 0.3) is 22.9 Å². The number of carbonyl (C=O) groups excluding carboxylic acids is 1. The number of oxazole rings is 1. The van der Waals surface area contributed by atoms with Gasteiger partial charge in [0.1, 0.15) is 11.3 Å². The zero-order chi connectivity index (χ0) is 25.9. The molecule has 0 spiro atoms. The number of hydrogen-bond donors (Lipinski definition) is 1. The Hall–Kier alpha value is -3.16. The molecule has 15 heteroatoms. The van der Waals surface area contributed by atoms with Gasteiger partial charge in [0.15, 0.2) is 11.5 Å². The number of alkyl halides is 8. The van der Waals surface area contributed by atoms with Gasteiger partial charge in [0.05, 0.1) is 16.8 Å². The lowest BCUT2D eigenvalue weighted by molar-refractivity contribution is -0.292. The van der Waals surface area contributed by atoms with E-state index in [4.69, 9.17) is 16.0 Å². The Bertz CT molecular complexity index is 1290. The highest BCUT2D eigenvalue weighted by Gasteiger charge is 2.64. The molecule has 6 nitrogen and oxygen atoms in total. The third kappa shape index (κ3) is 4.58. The van der Waals surface area contributed by atoms with E-state index in [1.807, 2.05) is 0 Å². The highest BCUT2D eigenvalue weighted by molar-refractivity contribution is 6.34. The first-order valence-corrected chi connectivity index (χ1v) is 10.1. The Kier molecular flexibility index (Phi) is 5.85. The zero-order valence-corrected chi connectivity index (χ0v) is 18.1. The zero-order valence-electron chi connectivity index (χ0n) is 17.4. The molecule has 35 heavy (non-hydrogen) atoms. The number of benzene rings is 1.